The van der Waals surface area contributed by atoms with Gasteiger partial charge in [0.15, 0.2) is 5.13 Å². The summed E-state index contributed by atoms with van der Waals surface area (Å²) in [7, 11) is 1.26. The fraction of sp³-hybridized carbons (Fsp3) is 0.280. The molecule has 0 bridgehead atoms. The highest BCUT2D eigenvalue weighted by Crippen LogP contribution is 2.45. The van der Waals surface area contributed by atoms with E-state index in [0.29, 0.717) is 28.5 Å². The van der Waals surface area contributed by atoms with Gasteiger partial charge in [-0.1, -0.05) is 42.9 Å². The van der Waals surface area contributed by atoms with Crippen molar-refractivity contribution in [2.24, 2.45) is 0 Å². The number of aryl methyl sites for hydroxylation is 1. The van der Waals surface area contributed by atoms with E-state index in [1.807, 2.05) is 5.38 Å². The van der Waals surface area contributed by atoms with Crippen molar-refractivity contribution in [1.29, 1.82) is 0 Å². The molecule has 0 saturated carbocycles. The van der Waals surface area contributed by atoms with Crippen molar-refractivity contribution in [2.75, 3.05) is 18.6 Å². The highest BCUT2D eigenvalue weighted by Gasteiger charge is 2.49. The van der Waals surface area contributed by atoms with E-state index in [9.17, 15) is 19.5 Å². The Balaban J connectivity index is 1.81. The molecule has 8 nitrogen and oxygen atoms in total. The van der Waals surface area contributed by atoms with E-state index >= 15 is 0 Å². The number of amides is 1. The van der Waals surface area contributed by atoms with Gasteiger partial charge in [0, 0.05) is 10.4 Å². The van der Waals surface area contributed by atoms with Crippen LogP contribution in [0.15, 0.2) is 47.4 Å². The number of nitrogens with zero attached hydrogens (tertiary/aromatic N) is 2. The molecule has 1 saturated heterocycles. The molecule has 0 aliphatic carbocycles. The number of rotatable bonds is 8. The summed E-state index contributed by atoms with van der Waals surface area (Å²) in [4.78, 5) is 45.1. The van der Waals surface area contributed by atoms with Gasteiger partial charge >= 0.3 is 11.9 Å². The lowest BCUT2D eigenvalue weighted by molar-refractivity contribution is -0.132. The zero-order chi connectivity index (χ0) is 25.1. The molecule has 1 aromatic carbocycles. The molecule has 1 aliphatic heterocycles. The summed E-state index contributed by atoms with van der Waals surface area (Å²) in [6, 6.07) is 9.49. The second-order valence-corrected chi connectivity index (χ2v) is 9.77. The van der Waals surface area contributed by atoms with Crippen LogP contribution < -0.4 is 9.64 Å². The third kappa shape index (κ3) is 4.71. The average molecular weight is 513 g/mol. The van der Waals surface area contributed by atoms with Crippen molar-refractivity contribution >= 4 is 51.2 Å². The molecular formula is C25H24N2O6S2. The molecule has 0 radical (unpaired) electrons. The molecule has 1 N–H and O–H groups in total. The van der Waals surface area contributed by atoms with Crippen molar-refractivity contribution < 1.29 is 29.0 Å². The molecule has 0 spiro atoms. The van der Waals surface area contributed by atoms with Gasteiger partial charge in [0.05, 0.1) is 25.0 Å². The van der Waals surface area contributed by atoms with Gasteiger partial charge in [-0.05, 0) is 36.9 Å². The van der Waals surface area contributed by atoms with Crippen molar-refractivity contribution in [2.45, 2.75) is 32.7 Å². The van der Waals surface area contributed by atoms with Crippen LogP contribution in [0.25, 0.3) is 5.76 Å². The standard InChI is InChI=1S/C25H24N2O6S2/c1-4-5-11-33-16-9-6-8-15(13-16)20(28)18-19(17-10-7-12-34-17)27(23(30)21(18)29)25-26-14(2)22(35-25)24(31)32-3/h6-10,12-13,19,28H,4-5,11H2,1-3H3/b20-18+. The molecular weight excluding hydrogens is 488 g/mol. The molecule has 1 unspecified atom stereocenters. The topological polar surface area (TPSA) is 106 Å². The van der Waals surface area contributed by atoms with E-state index in [-0.39, 0.29) is 21.3 Å². The Labute approximate surface area is 210 Å². The highest BCUT2D eigenvalue weighted by atomic mass is 32.1. The fourth-order valence-electron chi connectivity index (χ4n) is 3.74. The quantitative estimate of drug-likeness (QED) is 0.147. The smallest absolute Gasteiger partial charge is 0.350 e. The normalized spacial score (nSPS) is 17.1. The molecule has 10 heteroatoms. The van der Waals surface area contributed by atoms with Gasteiger partial charge in [0.1, 0.15) is 22.4 Å². The summed E-state index contributed by atoms with van der Waals surface area (Å²) in [6.45, 7) is 4.23. The van der Waals surface area contributed by atoms with Crippen LogP contribution in [0.5, 0.6) is 5.75 Å². The molecule has 3 aromatic rings. The number of methoxy groups -OCH3 is 1. The van der Waals surface area contributed by atoms with Crippen LogP contribution in [0, 0.1) is 6.92 Å². The van der Waals surface area contributed by atoms with Crippen molar-refractivity contribution in [1.82, 2.24) is 4.98 Å². The van der Waals surface area contributed by atoms with Crippen LogP contribution in [-0.2, 0) is 14.3 Å². The van der Waals surface area contributed by atoms with Crippen molar-refractivity contribution in [3.05, 3.63) is 68.4 Å². The number of anilines is 1. The zero-order valence-electron chi connectivity index (χ0n) is 19.4. The van der Waals surface area contributed by atoms with E-state index < -0.39 is 23.7 Å². The number of unbranched alkanes of at least 4 members (excludes halogenated alkanes) is 1. The van der Waals surface area contributed by atoms with Crippen LogP contribution >= 0.6 is 22.7 Å². The fourth-order valence-corrected chi connectivity index (χ4v) is 5.57. The summed E-state index contributed by atoms with van der Waals surface area (Å²) in [5.41, 5.74) is 0.709. The number of hydrogen-bond acceptors (Lipinski definition) is 9. The molecule has 182 valence electrons. The first-order valence-electron chi connectivity index (χ1n) is 11.0. The van der Waals surface area contributed by atoms with Crippen molar-refractivity contribution in [3.8, 4) is 5.75 Å². The predicted octanol–water partition coefficient (Wildman–Crippen LogP) is 5.10. The molecule has 2 aromatic heterocycles. The number of ketones is 1. The van der Waals surface area contributed by atoms with Crippen LogP contribution in [0.2, 0.25) is 0 Å². The number of carbonyl (C=O) groups excluding carboxylic acids is 3. The lowest BCUT2D eigenvalue weighted by Crippen LogP contribution is -2.29. The Morgan fingerprint density at radius 1 is 1.23 bits per heavy atom. The number of esters is 1. The Kier molecular flexibility index (Phi) is 7.32. The minimum Gasteiger partial charge on any atom is -0.507 e. The first-order chi connectivity index (χ1) is 16.9. The number of carbonyl (C=O) groups is 3. The van der Waals surface area contributed by atoms with Crippen molar-refractivity contribution in [3.63, 3.8) is 0 Å². The number of aromatic nitrogens is 1. The Morgan fingerprint density at radius 2 is 2.03 bits per heavy atom. The summed E-state index contributed by atoms with van der Waals surface area (Å²) < 4.78 is 10.5. The van der Waals surface area contributed by atoms with Gasteiger partial charge in [-0.25, -0.2) is 9.78 Å². The number of ether oxygens (including phenoxy) is 2. The number of aliphatic hydroxyl groups excluding tert-OH is 1. The summed E-state index contributed by atoms with van der Waals surface area (Å²) in [5, 5.41) is 13.3. The van der Waals surface area contributed by atoms with E-state index in [4.69, 9.17) is 9.47 Å². The minimum atomic E-state index is -0.893. The number of aliphatic hydroxyl groups is 1. The van der Waals surface area contributed by atoms with Gasteiger partial charge in [-0.2, -0.15) is 0 Å². The van der Waals surface area contributed by atoms with Crippen LogP contribution in [0.3, 0.4) is 0 Å². The average Bonchev–Trinajstić information content (AvgIpc) is 3.58. The molecule has 1 amide bonds. The largest absolute Gasteiger partial charge is 0.507 e. The predicted molar refractivity (Wildman–Crippen MR) is 134 cm³/mol. The lowest BCUT2D eigenvalue weighted by atomic mass is 10.00. The summed E-state index contributed by atoms with van der Waals surface area (Å²) in [5.74, 6) is -1.97. The molecule has 3 heterocycles. The highest BCUT2D eigenvalue weighted by molar-refractivity contribution is 7.18. The van der Waals surface area contributed by atoms with Crippen LogP contribution in [0.4, 0.5) is 5.13 Å². The zero-order valence-corrected chi connectivity index (χ0v) is 21.1. The minimum absolute atomic E-state index is 0.0457. The first-order valence-corrected chi connectivity index (χ1v) is 12.7. The van der Waals surface area contributed by atoms with E-state index in [1.54, 1.807) is 43.3 Å². The first kappa shape index (κ1) is 24.6. The second kappa shape index (κ2) is 10.4. The van der Waals surface area contributed by atoms with Crippen LogP contribution in [0.1, 0.15) is 51.6 Å². The van der Waals surface area contributed by atoms with E-state index in [0.717, 1.165) is 24.2 Å². The van der Waals surface area contributed by atoms with Gasteiger partial charge in [0.2, 0.25) is 0 Å². The molecule has 35 heavy (non-hydrogen) atoms. The number of hydrogen-bond donors (Lipinski definition) is 1. The van der Waals surface area contributed by atoms with Gasteiger partial charge in [0.25, 0.3) is 5.78 Å². The SMILES string of the molecule is CCCCOc1cccc(/C(O)=C2\C(=O)C(=O)N(c3nc(C)c(C(=O)OC)s3)C2c2cccs2)c1. The maximum Gasteiger partial charge on any atom is 0.350 e. The van der Waals surface area contributed by atoms with Gasteiger partial charge in [-0.3, -0.25) is 14.5 Å². The Bertz CT molecular complexity index is 1300. The second-order valence-electron chi connectivity index (χ2n) is 7.82. The number of benzene rings is 1. The van der Waals surface area contributed by atoms with Crippen LogP contribution in [-0.4, -0.2) is 41.5 Å². The third-order valence-electron chi connectivity index (χ3n) is 5.49. The maximum absolute atomic E-state index is 13.2. The number of Topliss-reactive ketones (excluding diaryl/α,β-unsaturated/α-hetero) is 1. The third-order valence-corrected chi connectivity index (χ3v) is 7.55. The molecule has 1 aliphatic rings. The Morgan fingerprint density at radius 3 is 2.71 bits per heavy atom. The Hall–Kier alpha value is -3.50. The van der Waals surface area contributed by atoms with E-state index in [2.05, 4.69) is 11.9 Å². The monoisotopic (exact) mass is 512 g/mol. The lowest BCUT2D eigenvalue weighted by Gasteiger charge is -2.21. The molecule has 1 fully saturated rings. The summed E-state index contributed by atoms with van der Waals surface area (Å²) in [6.07, 6.45) is 1.87. The summed E-state index contributed by atoms with van der Waals surface area (Å²) >= 11 is 2.31. The van der Waals surface area contributed by atoms with Gasteiger partial charge in [-0.15, -0.1) is 11.3 Å². The number of thiazole rings is 1. The number of thiophene rings is 1. The maximum atomic E-state index is 13.2. The van der Waals surface area contributed by atoms with E-state index in [1.165, 1.54) is 23.3 Å². The molecule has 1 atom stereocenters. The van der Waals surface area contributed by atoms with Gasteiger partial charge < -0.3 is 14.6 Å². The molecule has 4 rings (SSSR count).